The Kier molecular flexibility index (Phi) is 11.5. The topological polar surface area (TPSA) is 24.5 Å². The standard InChI is InChI=1S/C19H26N2O.2ClH/c1-16-8-10-17(11-9-16)15-22-19-7-5-4-6-18(19)14-21(3)13-12-20-2;;/h4-11,20H,12-15H2,1-3H3;2*1H. The molecule has 0 spiro atoms. The van der Waals surface area contributed by atoms with Crippen molar-refractivity contribution in [3.63, 3.8) is 0 Å². The number of aryl methyl sites for hydroxylation is 1. The molecule has 0 fully saturated rings. The van der Waals surface area contributed by atoms with Crippen molar-refractivity contribution < 1.29 is 4.74 Å². The molecule has 2 aromatic carbocycles. The second-order valence-corrected chi connectivity index (χ2v) is 5.72. The van der Waals surface area contributed by atoms with Crippen LogP contribution in [-0.2, 0) is 13.2 Å². The maximum atomic E-state index is 6.03. The van der Waals surface area contributed by atoms with Gasteiger partial charge in [-0.25, -0.2) is 0 Å². The van der Waals surface area contributed by atoms with Crippen molar-refractivity contribution >= 4 is 24.8 Å². The molecule has 2 aromatic rings. The van der Waals surface area contributed by atoms with Gasteiger partial charge in [0.15, 0.2) is 0 Å². The number of nitrogens with one attached hydrogen (secondary N) is 1. The SMILES string of the molecule is CNCCN(C)Cc1ccccc1OCc1ccc(C)cc1.Cl.Cl. The Labute approximate surface area is 158 Å². The highest BCUT2D eigenvalue weighted by Crippen LogP contribution is 2.20. The fourth-order valence-electron chi connectivity index (χ4n) is 2.29. The van der Waals surface area contributed by atoms with Gasteiger partial charge in [0.2, 0.25) is 0 Å². The Hall–Kier alpha value is -1.26. The van der Waals surface area contributed by atoms with Crippen LogP contribution >= 0.6 is 24.8 Å². The quantitative estimate of drug-likeness (QED) is 0.757. The average Bonchev–Trinajstić information content (AvgIpc) is 2.53. The molecule has 0 atom stereocenters. The molecule has 0 aromatic heterocycles. The van der Waals surface area contributed by atoms with Gasteiger partial charge in [-0.05, 0) is 32.6 Å². The van der Waals surface area contributed by atoms with Crippen LogP contribution in [0, 0.1) is 6.92 Å². The normalized spacial score (nSPS) is 10.0. The highest BCUT2D eigenvalue weighted by Gasteiger charge is 2.06. The number of ether oxygens (including phenoxy) is 1. The molecule has 0 radical (unpaired) electrons. The highest BCUT2D eigenvalue weighted by molar-refractivity contribution is 5.85. The molecular weight excluding hydrogens is 343 g/mol. The van der Waals surface area contributed by atoms with E-state index in [1.807, 2.05) is 13.1 Å². The summed E-state index contributed by atoms with van der Waals surface area (Å²) in [5.74, 6) is 0.972. The highest BCUT2D eigenvalue weighted by atomic mass is 35.5. The molecule has 0 aliphatic carbocycles. The zero-order valence-corrected chi connectivity index (χ0v) is 16.3. The van der Waals surface area contributed by atoms with Gasteiger partial charge in [-0.2, -0.15) is 0 Å². The van der Waals surface area contributed by atoms with Gasteiger partial charge in [-0.15, -0.1) is 24.8 Å². The van der Waals surface area contributed by atoms with E-state index in [-0.39, 0.29) is 24.8 Å². The first-order chi connectivity index (χ1) is 10.7. The number of para-hydroxylation sites is 1. The van der Waals surface area contributed by atoms with E-state index in [1.54, 1.807) is 0 Å². The van der Waals surface area contributed by atoms with Gasteiger partial charge in [0.1, 0.15) is 12.4 Å². The van der Waals surface area contributed by atoms with Crippen LogP contribution in [0.5, 0.6) is 5.75 Å². The van der Waals surface area contributed by atoms with E-state index in [9.17, 15) is 0 Å². The van der Waals surface area contributed by atoms with E-state index in [0.29, 0.717) is 6.61 Å². The molecule has 5 heteroatoms. The zero-order chi connectivity index (χ0) is 15.8. The Morgan fingerprint density at radius 3 is 2.33 bits per heavy atom. The monoisotopic (exact) mass is 370 g/mol. The molecule has 24 heavy (non-hydrogen) atoms. The third-order valence-corrected chi connectivity index (χ3v) is 3.67. The van der Waals surface area contributed by atoms with E-state index in [1.165, 1.54) is 16.7 Å². The second kappa shape index (κ2) is 12.2. The molecule has 0 amide bonds. The summed E-state index contributed by atoms with van der Waals surface area (Å²) in [7, 11) is 4.11. The number of nitrogens with zero attached hydrogens (tertiary/aromatic N) is 1. The van der Waals surface area contributed by atoms with Gasteiger partial charge in [0, 0.05) is 25.2 Å². The van der Waals surface area contributed by atoms with E-state index >= 15 is 0 Å². The number of hydrogen-bond donors (Lipinski definition) is 1. The molecule has 0 unspecified atom stereocenters. The van der Waals surface area contributed by atoms with Gasteiger partial charge in [0.05, 0.1) is 0 Å². The lowest BCUT2D eigenvalue weighted by Crippen LogP contribution is -2.27. The van der Waals surface area contributed by atoms with E-state index in [4.69, 9.17) is 4.74 Å². The van der Waals surface area contributed by atoms with Crippen LogP contribution in [0.4, 0.5) is 0 Å². The van der Waals surface area contributed by atoms with Crippen LogP contribution < -0.4 is 10.1 Å². The molecule has 0 aliphatic rings. The number of benzene rings is 2. The first-order valence-corrected chi connectivity index (χ1v) is 7.78. The molecule has 0 bridgehead atoms. The van der Waals surface area contributed by atoms with Crippen molar-refractivity contribution in [1.82, 2.24) is 10.2 Å². The Morgan fingerprint density at radius 2 is 1.67 bits per heavy atom. The van der Waals surface area contributed by atoms with Gasteiger partial charge in [0.25, 0.3) is 0 Å². The van der Waals surface area contributed by atoms with E-state index in [2.05, 4.69) is 66.7 Å². The van der Waals surface area contributed by atoms with Crippen molar-refractivity contribution in [2.45, 2.75) is 20.1 Å². The minimum Gasteiger partial charge on any atom is -0.489 e. The van der Waals surface area contributed by atoms with Gasteiger partial charge < -0.3 is 15.0 Å². The molecular formula is C19H28Cl2N2O. The predicted octanol–water partition coefficient (Wildman–Crippen LogP) is 4.07. The van der Waals surface area contributed by atoms with Crippen molar-refractivity contribution in [1.29, 1.82) is 0 Å². The number of likely N-dealkylation sites (N-methyl/N-ethyl adjacent to an activating group) is 2. The molecule has 0 aliphatic heterocycles. The fraction of sp³-hybridized carbons (Fsp3) is 0.368. The molecule has 0 heterocycles. The van der Waals surface area contributed by atoms with Crippen molar-refractivity contribution in [3.8, 4) is 5.75 Å². The molecule has 3 nitrogen and oxygen atoms in total. The maximum Gasteiger partial charge on any atom is 0.124 e. The largest absolute Gasteiger partial charge is 0.489 e. The van der Waals surface area contributed by atoms with Crippen LogP contribution in [0.3, 0.4) is 0 Å². The zero-order valence-electron chi connectivity index (χ0n) is 14.6. The summed E-state index contributed by atoms with van der Waals surface area (Å²) in [6.07, 6.45) is 0. The van der Waals surface area contributed by atoms with E-state index < -0.39 is 0 Å². The van der Waals surface area contributed by atoms with Crippen molar-refractivity contribution in [2.24, 2.45) is 0 Å². The second-order valence-electron chi connectivity index (χ2n) is 5.72. The molecule has 134 valence electrons. The summed E-state index contributed by atoms with van der Waals surface area (Å²) in [6.45, 7) is 5.61. The van der Waals surface area contributed by atoms with Gasteiger partial charge in [-0.1, -0.05) is 48.0 Å². The summed E-state index contributed by atoms with van der Waals surface area (Å²) in [6, 6.07) is 16.8. The van der Waals surface area contributed by atoms with Crippen molar-refractivity contribution in [3.05, 3.63) is 65.2 Å². The third kappa shape index (κ3) is 7.54. The maximum absolute atomic E-state index is 6.03. The summed E-state index contributed by atoms with van der Waals surface area (Å²) in [4.78, 5) is 2.30. The third-order valence-electron chi connectivity index (χ3n) is 3.67. The Balaban J connectivity index is 0.00000264. The first-order valence-electron chi connectivity index (χ1n) is 7.78. The fourth-order valence-corrected chi connectivity index (χ4v) is 2.29. The lowest BCUT2D eigenvalue weighted by Gasteiger charge is -2.19. The smallest absolute Gasteiger partial charge is 0.124 e. The Morgan fingerprint density at radius 1 is 1.00 bits per heavy atom. The van der Waals surface area contributed by atoms with Crippen LogP contribution in [0.1, 0.15) is 16.7 Å². The number of rotatable bonds is 8. The van der Waals surface area contributed by atoms with Crippen LogP contribution in [-0.4, -0.2) is 32.1 Å². The first kappa shape index (κ1) is 22.7. The lowest BCUT2D eigenvalue weighted by molar-refractivity contribution is 0.285. The van der Waals surface area contributed by atoms with Crippen LogP contribution in [0.25, 0.3) is 0 Å². The van der Waals surface area contributed by atoms with Gasteiger partial charge >= 0.3 is 0 Å². The minimum atomic E-state index is 0. The predicted molar refractivity (Wildman–Crippen MR) is 107 cm³/mol. The lowest BCUT2D eigenvalue weighted by atomic mass is 10.1. The molecule has 0 saturated heterocycles. The van der Waals surface area contributed by atoms with Crippen LogP contribution in [0.15, 0.2) is 48.5 Å². The molecule has 0 saturated carbocycles. The number of halogens is 2. The Bertz CT molecular complexity index is 576. The summed E-state index contributed by atoms with van der Waals surface area (Å²) >= 11 is 0. The van der Waals surface area contributed by atoms with Crippen molar-refractivity contribution in [2.75, 3.05) is 27.2 Å². The number of hydrogen-bond acceptors (Lipinski definition) is 3. The van der Waals surface area contributed by atoms with E-state index in [0.717, 1.165) is 25.4 Å². The molecule has 2 rings (SSSR count). The molecule has 1 N–H and O–H groups in total. The van der Waals surface area contributed by atoms with Crippen LogP contribution in [0.2, 0.25) is 0 Å². The summed E-state index contributed by atoms with van der Waals surface area (Å²) in [5.41, 5.74) is 3.70. The summed E-state index contributed by atoms with van der Waals surface area (Å²) < 4.78 is 6.03. The van der Waals surface area contributed by atoms with Gasteiger partial charge in [-0.3, -0.25) is 0 Å². The summed E-state index contributed by atoms with van der Waals surface area (Å²) in [5, 5.41) is 3.18. The minimum absolute atomic E-state index is 0. The average molecular weight is 371 g/mol.